The van der Waals surface area contributed by atoms with Gasteiger partial charge in [0, 0.05) is 11.6 Å². The van der Waals surface area contributed by atoms with Crippen molar-refractivity contribution in [2.24, 2.45) is 11.1 Å². The summed E-state index contributed by atoms with van der Waals surface area (Å²) in [5, 5.41) is 14.9. The van der Waals surface area contributed by atoms with Crippen molar-refractivity contribution >= 4 is 11.6 Å². The fourth-order valence-corrected chi connectivity index (χ4v) is 2.51. The molecule has 0 spiro atoms. The molecule has 0 unspecified atom stereocenters. The van der Waals surface area contributed by atoms with Gasteiger partial charge in [0.1, 0.15) is 11.4 Å². The van der Waals surface area contributed by atoms with Crippen LogP contribution in [0, 0.1) is 5.41 Å². The van der Waals surface area contributed by atoms with Crippen molar-refractivity contribution in [3.63, 3.8) is 0 Å². The van der Waals surface area contributed by atoms with Crippen LogP contribution >= 0.6 is 0 Å². The van der Waals surface area contributed by atoms with Gasteiger partial charge in [-0.25, -0.2) is 0 Å². The van der Waals surface area contributed by atoms with Crippen LogP contribution in [0.15, 0.2) is 18.2 Å². The average molecular weight is 344 g/mol. The van der Waals surface area contributed by atoms with E-state index in [4.69, 9.17) is 10.5 Å². The number of nitrogens with two attached hydrogens (primary N) is 1. The fraction of sp³-hybridized carbons (Fsp3) is 0.529. The Morgan fingerprint density at radius 3 is 2.72 bits per heavy atom. The van der Waals surface area contributed by atoms with Crippen molar-refractivity contribution in [2.45, 2.75) is 45.6 Å². The van der Waals surface area contributed by atoms with Gasteiger partial charge < -0.3 is 15.8 Å². The van der Waals surface area contributed by atoms with Crippen molar-refractivity contribution in [2.75, 3.05) is 12.4 Å². The Morgan fingerprint density at radius 2 is 2.12 bits per heavy atom. The lowest BCUT2D eigenvalue weighted by Gasteiger charge is -2.26. The molecule has 1 fully saturated rings. The van der Waals surface area contributed by atoms with Gasteiger partial charge in [-0.3, -0.25) is 4.79 Å². The molecule has 1 aliphatic rings. The van der Waals surface area contributed by atoms with E-state index in [1.165, 1.54) is 0 Å². The highest BCUT2D eigenvalue weighted by Gasteiger charge is 2.31. The minimum atomic E-state index is -0.617. The first-order valence-electron chi connectivity index (χ1n) is 8.34. The normalized spacial score (nSPS) is 15.7. The Labute approximate surface area is 146 Å². The third-order valence-electron chi connectivity index (χ3n) is 4.33. The standard InChI is InChI=1S/C17H24N6O2/c1-17(2,3)14(18)16(24)19-11-7-8-13(25-4)12(9-11)23-15(10-5-6-10)20-21-22-23/h7-10,14H,5-6,18H2,1-4H3,(H,19,24)/t14-/m1/s1. The first-order chi connectivity index (χ1) is 11.8. The highest BCUT2D eigenvalue weighted by molar-refractivity contribution is 5.95. The molecule has 1 saturated carbocycles. The summed E-state index contributed by atoms with van der Waals surface area (Å²) in [7, 11) is 1.59. The van der Waals surface area contributed by atoms with Crippen LogP contribution in [0.1, 0.15) is 45.4 Å². The van der Waals surface area contributed by atoms with Crippen molar-refractivity contribution in [3.8, 4) is 11.4 Å². The zero-order chi connectivity index (χ0) is 18.2. The summed E-state index contributed by atoms with van der Waals surface area (Å²) < 4.78 is 7.11. The summed E-state index contributed by atoms with van der Waals surface area (Å²) in [5.41, 5.74) is 7.02. The number of rotatable bonds is 5. The van der Waals surface area contributed by atoms with E-state index < -0.39 is 6.04 Å². The van der Waals surface area contributed by atoms with Gasteiger partial charge >= 0.3 is 0 Å². The maximum atomic E-state index is 12.4. The van der Waals surface area contributed by atoms with Crippen LogP contribution in [0.5, 0.6) is 5.75 Å². The van der Waals surface area contributed by atoms with Gasteiger partial charge in [-0.05, 0) is 46.9 Å². The second-order valence-electron chi connectivity index (χ2n) is 7.44. The molecular weight excluding hydrogens is 320 g/mol. The van der Waals surface area contributed by atoms with E-state index in [9.17, 15) is 4.79 Å². The molecule has 1 aromatic heterocycles. The van der Waals surface area contributed by atoms with Crippen molar-refractivity contribution in [3.05, 3.63) is 24.0 Å². The van der Waals surface area contributed by atoms with Crippen LogP contribution in [-0.4, -0.2) is 39.3 Å². The predicted octanol–water partition coefficient (Wildman–Crippen LogP) is 1.86. The average Bonchev–Trinajstić information content (AvgIpc) is 3.30. The lowest BCUT2D eigenvalue weighted by Crippen LogP contribution is -2.45. The number of nitrogens with zero attached hydrogens (tertiary/aromatic N) is 4. The Kier molecular flexibility index (Phi) is 4.47. The quantitative estimate of drug-likeness (QED) is 0.857. The smallest absolute Gasteiger partial charge is 0.241 e. The van der Waals surface area contributed by atoms with Crippen LogP contribution in [0.25, 0.3) is 5.69 Å². The van der Waals surface area contributed by atoms with Crippen molar-refractivity contribution in [1.82, 2.24) is 20.2 Å². The molecule has 0 aliphatic heterocycles. The third kappa shape index (κ3) is 3.63. The number of methoxy groups -OCH3 is 1. The number of carbonyl (C=O) groups excluding carboxylic acids is 1. The molecule has 2 aromatic rings. The second kappa shape index (κ2) is 6.44. The Hall–Kier alpha value is -2.48. The summed E-state index contributed by atoms with van der Waals surface area (Å²) in [6.07, 6.45) is 2.17. The topological polar surface area (TPSA) is 108 Å². The second-order valence-corrected chi connectivity index (χ2v) is 7.44. The fourth-order valence-electron chi connectivity index (χ4n) is 2.51. The minimum Gasteiger partial charge on any atom is -0.494 e. The van der Waals surface area contributed by atoms with E-state index in [0.717, 1.165) is 18.7 Å². The molecule has 0 saturated heterocycles. The number of anilines is 1. The molecule has 1 heterocycles. The van der Waals surface area contributed by atoms with E-state index in [1.54, 1.807) is 30.0 Å². The zero-order valence-electron chi connectivity index (χ0n) is 15.0. The van der Waals surface area contributed by atoms with E-state index in [-0.39, 0.29) is 11.3 Å². The van der Waals surface area contributed by atoms with Gasteiger partial charge in [-0.15, -0.1) is 5.10 Å². The highest BCUT2D eigenvalue weighted by Crippen LogP contribution is 2.40. The number of amides is 1. The van der Waals surface area contributed by atoms with Gasteiger partial charge in [0.2, 0.25) is 5.91 Å². The van der Waals surface area contributed by atoms with Crippen molar-refractivity contribution < 1.29 is 9.53 Å². The van der Waals surface area contributed by atoms with Crippen LogP contribution in [-0.2, 0) is 4.79 Å². The van der Waals surface area contributed by atoms with Crippen molar-refractivity contribution in [1.29, 1.82) is 0 Å². The van der Waals surface area contributed by atoms with E-state index >= 15 is 0 Å². The molecule has 134 valence electrons. The molecule has 8 heteroatoms. The molecule has 1 aliphatic carbocycles. The van der Waals surface area contributed by atoms with Crippen LogP contribution < -0.4 is 15.8 Å². The molecule has 3 rings (SSSR count). The van der Waals surface area contributed by atoms with E-state index in [2.05, 4.69) is 20.8 Å². The summed E-state index contributed by atoms with van der Waals surface area (Å²) in [4.78, 5) is 12.4. The molecule has 1 amide bonds. The number of aromatic nitrogens is 4. The van der Waals surface area contributed by atoms with E-state index in [1.807, 2.05) is 20.8 Å². The number of ether oxygens (including phenoxy) is 1. The lowest BCUT2D eigenvalue weighted by molar-refractivity contribution is -0.119. The van der Waals surface area contributed by atoms with Crippen LogP contribution in [0.4, 0.5) is 5.69 Å². The molecule has 0 bridgehead atoms. The SMILES string of the molecule is COc1ccc(NC(=O)[C@@H](N)C(C)(C)C)cc1-n1nnnc1C1CC1. The molecule has 1 aromatic carbocycles. The van der Waals surface area contributed by atoms with Gasteiger partial charge in [-0.2, -0.15) is 4.68 Å². The summed E-state index contributed by atoms with van der Waals surface area (Å²) in [5.74, 6) is 1.59. The molecule has 8 nitrogen and oxygen atoms in total. The lowest BCUT2D eigenvalue weighted by atomic mass is 9.87. The molecular formula is C17H24N6O2. The number of nitrogens with one attached hydrogen (secondary N) is 1. The molecule has 0 radical (unpaired) electrons. The van der Waals surface area contributed by atoms with Gasteiger partial charge in [0.05, 0.1) is 13.2 Å². The Balaban J connectivity index is 1.90. The largest absolute Gasteiger partial charge is 0.494 e. The Morgan fingerprint density at radius 1 is 1.40 bits per heavy atom. The van der Waals surface area contributed by atoms with Crippen LogP contribution in [0.3, 0.4) is 0 Å². The maximum absolute atomic E-state index is 12.4. The summed E-state index contributed by atoms with van der Waals surface area (Å²) >= 11 is 0. The zero-order valence-corrected chi connectivity index (χ0v) is 15.0. The van der Waals surface area contributed by atoms with Gasteiger partial charge in [0.15, 0.2) is 5.82 Å². The van der Waals surface area contributed by atoms with Gasteiger partial charge in [-0.1, -0.05) is 20.8 Å². The number of benzene rings is 1. The number of hydrogen-bond acceptors (Lipinski definition) is 6. The minimum absolute atomic E-state index is 0.234. The Bertz CT molecular complexity index is 776. The van der Waals surface area contributed by atoms with Crippen LogP contribution in [0.2, 0.25) is 0 Å². The summed E-state index contributed by atoms with van der Waals surface area (Å²) in [6.45, 7) is 5.79. The number of carbonyl (C=O) groups is 1. The molecule has 3 N–H and O–H groups in total. The third-order valence-corrected chi connectivity index (χ3v) is 4.33. The first kappa shape index (κ1) is 17.3. The highest BCUT2D eigenvalue weighted by atomic mass is 16.5. The maximum Gasteiger partial charge on any atom is 0.241 e. The molecule has 1 atom stereocenters. The monoisotopic (exact) mass is 344 g/mol. The van der Waals surface area contributed by atoms with Gasteiger partial charge in [0.25, 0.3) is 0 Å². The predicted molar refractivity (Wildman–Crippen MR) is 93.7 cm³/mol. The summed E-state index contributed by atoms with van der Waals surface area (Å²) in [6, 6.07) is 4.74. The number of tetrazole rings is 1. The number of hydrogen-bond donors (Lipinski definition) is 2. The first-order valence-corrected chi connectivity index (χ1v) is 8.34. The van der Waals surface area contributed by atoms with E-state index in [0.29, 0.717) is 23.0 Å². The molecule has 25 heavy (non-hydrogen) atoms.